The number of rotatable bonds is 6. The number of halogens is 2. The summed E-state index contributed by atoms with van der Waals surface area (Å²) < 4.78 is 13.4. The van der Waals surface area contributed by atoms with E-state index in [1.807, 2.05) is 35.7 Å². The molecule has 0 saturated heterocycles. The quantitative estimate of drug-likeness (QED) is 0.428. The minimum atomic E-state index is -2.47. The Morgan fingerprint density at radius 1 is 1.33 bits per heavy atom. The van der Waals surface area contributed by atoms with Gasteiger partial charge in [-0.1, -0.05) is 45.7 Å². The maximum Gasteiger partial charge on any atom is 0.506 e. The maximum atomic E-state index is 12.7. The van der Waals surface area contributed by atoms with Gasteiger partial charge in [0, 0.05) is 20.4 Å². The second-order valence-corrected chi connectivity index (χ2v) is 9.05. The second-order valence-electron chi connectivity index (χ2n) is 5.78. The molecule has 0 spiro atoms. The average molecular weight is 484 g/mol. The number of amides is 1. The molecule has 0 radical (unpaired) electrons. The summed E-state index contributed by atoms with van der Waals surface area (Å²) in [6.45, 7) is 0. The first kappa shape index (κ1) is 20.2. The van der Waals surface area contributed by atoms with Crippen LogP contribution in [-0.4, -0.2) is 17.0 Å². The summed E-state index contributed by atoms with van der Waals surface area (Å²) in [7, 11) is -2.47. The molecule has 1 aromatic heterocycles. The highest BCUT2D eigenvalue weighted by Gasteiger charge is 2.31. The number of fused-ring (bicyclic) bond motifs is 1. The minimum Gasteiger partial charge on any atom is -0.332 e. The molecule has 1 heterocycles. The molecule has 138 valence electrons. The fraction of sp³-hybridized carbons (Fsp3) is 0.105. The zero-order chi connectivity index (χ0) is 19.4. The third-order valence-corrected chi connectivity index (χ3v) is 6.61. The zero-order valence-corrected chi connectivity index (χ0v) is 18.0. The van der Waals surface area contributed by atoms with Crippen LogP contribution in [0.2, 0.25) is 5.02 Å². The monoisotopic (exact) mass is 482 g/mol. The Hall–Kier alpha value is -1.56. The SMILES string of the molecule is O=C(N/C=C/c1ccccc1Br)C(C[P+](=O)O)c1csc2ccc(Cl)cc12. The highest BCUT2D eigenvalue weighted by molar-refractivity contribution is 9.10. The Balaban J connectivity index is 1.85. The predicted molar refractivity (Wildman–Crippen MR) is 116 cm³/mol. The summed E-state index contributed by atoms with van der Waals surface area (Å²) in [4.78, 5) is 22.2. The molecule has 4 nitrogen and oxygen atoms in total. The van der Waals surface area contributed by atoms with Gasteiger partial charge in [0.2, 0.25) is 5.91 Å². The molecule has 2 N–H and O–H groups in total. The Labute approximate surface area is 174 Å². The van der Waals surface area contributed by atoms with E-state index in [9.17, 15) is 14.3 Å². The fourth-order valence-corrected chi connectivity index (χ4v) is 4.95. The van der Waals surface area contributed by atoms with Crippen LogP contribution in [0, 0.1) is 0 Å². The standard InChI is InChI=1S/C19H14BrClNO3PS/c20-17-4-2-1-3-12(17)7-8-22-19(23)15(10-26(24)25)16-11-27-18-6-5-13(21)9-14(16)18/h1-9,11,15H,10H2,(H-,22,23,24,25)/p+1/b8-7+. The molecule has 0 fully saturated rings. The van der Waals surface area contributed by atoms with Crippen LogP contribution >= 0.6 is 46.9 Å². The molecule has 0 bridgehead atoms. The van der Waals surface area contributed by atoms with Crippen molar-refractivity contribution in [1.82, 2.24) is 5.32 Å². The summed E-state index contributed by atoms with van der Waals surface area (Å²) in [5.41, 5.74) is 1.62. The summed E-state index contributed by atoms with van der Waals surface area (Å²) in [5.74, 6) is -1.08. The first-order valence-corrected chi connectivity index (χ1v) is 11.4. The first-order valence-electron chi connectivity index (χ1n) is 7.97. The molecule has 2 atom stereocenters. The van der Waals surface area contributed by atoms with Gasteiger partial charge >= 0.3 is 8.03 Å². The summed E-state index contributed by atoms with van der Waals surface area (Å²) in [6, 6.07) is 13.1. The maximum absolute atomic E-state index is 12.7. The van der Waals surface area contributed by atoms with Crippen molar-refractivity contribution in [1.29, 1.82) is 0 Å². The lowest BCUT2D eigenvalue weighted by molar-refractivity contribution is -0.121. The lowest BCUT2D eigenvalue weighted by atomic mass is 9.99. The molecule has 3 rings (SSSR count). The van der Waals surface area contributed by atoms with Gasteiger partial charge in [0.05, 0.1) is 0 Å². The van der Waals surface area contributed by atoms with Crippen molar-refractivity contribution in [2.45, 2.75) is 5.92 Å². The summed E-state index contributed by atoms with van der Waals surface area (Å²) in [5, 5.41) is 5.96. The van der Waals surface area contributed by atoms with E-state index in [-0.39, 0.29) is 12.1 Å². The number of hydrogen-bond donors (Lipinski definition) is 2. The van der Waals surface area contributed by atoms with Crippen molar-refractivity contribution < 1.29 is 14.3 Å². The number of carbonyl (C=O) groups excluding carboxylic acids is 1. The molecule has 27 heavy (non-hydrogen) atoms. The van der Waals surface area contributed by atoms with Crippen LogP contribution in [0.3, 0.4) is 0 Å². The van der Waals surface area contributed by atoms with Crippen molar-refractivity contribution in [3.05, 3.63) is 74.7 Å². The van der Waals surface area contributed by atoms with Crippen molar-refractivity contribution >= 4 is 69.0 Å². The molecular formula is C19H15BrClNO3PS+. The van der Waals surface area contributed by atoms with Gasteiger partial charge in [-0.2, -0.15) is 4.89 Å². The number of carbonyl (C=O) groups is 1. The number of thiophene rings is 1. The number of nitrogens with one attached hydrogen (secondary N) is 1. The van der Waals surface area contributed by atoms with Crippen molar-refractivity contribution in [3.8, 4) is 0 Å². The molecule has 0 saturated carbocycles. The van der Waals surface area contributed by atoms with Gasteiger partial charge in [-0.25, -0.2) is 0 Å². The lowest BCUT2D eigenvalue weighted by Crippen LogP contribution is -2.26. The topological polar surface area (TPSA) is 66.4 Å². The van der Waals surface area contributed by atoms with Crippen LogP contribution in [0.4, 0.5) is 0 Å². The summed E-state index contributed by atoms with van der Waals surface area (Å²) in [6.07, 6.45) is 3.16. The molecule has 2 unspecified atom stereocenters. The van der Waals surface area contributed by atoms with Crippen molar-refractivity contribution in [2.24, 2.45) is 0 Å². The molecule has 8 heteroatoms. The van der Waals surface area contributed by atoms with Crippen molar-refractivity contribution in [2.75, 3.05) is 6.16 Å². The van der Waals surface area contributed by atoms with E-state index < -0.39 is 13.9 Å². The Bertz CT molecular complexity index is 1040. The minimum absolute atomic E-state index is 0.150. The van der Waals surface area contributed by atoms with Gasteiger partial charge in [0.25, 0.3) is 0 Å². The van der Waals surface area contributed by atoms with E-state index in [0.717, 1.165) is 20.1 Å². The largest absolute Gasteiger partial charge is 0.506 e. The van der Waals surface area contributed by atoms with Crippen molar-refractivity contribution in [3.63, 3.8) is 0 Å². The third kappa shape index (κ3) is 5.03. The second kappa shape index (κ2) is 9.09. The molecule has 0 aliphatic carbocycles. The average Bonchev–Trinajstić information content (AvgIpc) is 3.03. The van der Waals surface area contributed by atoms with E-state index >= 15 is 0 Å². The van der Waals surface area contributed by atoms with Gasteiger partial charge in [0.15, 0.2) is 6.16 Å². The van der Waals surface area contributed by atoms with E-state index in [1.54, 1.807) is 24.4 Å². The van der Waals surface area contributed by atoms with Gasteiger partial charge in [0.1, 0.15) is 5.92 Å². The smallest absolute Gasteiger partial charge is 0.332 e. The Morgan fingerprint density at radius 2 is 2.11 bits per heavy atom. The molecular weight excluding hydrogens is 469 g/mol. The number of benzene rings is 2. The summed E-state index contributed by atoms with van der Waals surface area (Å²) >= 11 is 11.0. The first-order chi connectivity index (χ1) is 13.0. The van der Waals surface area contributed by atoms with Gasteiger partial charge < -0.3 is 5.32 Å². The fourth-order valence-electron chi connectivity index (χ4n) is 2.69. The van der Waals surface area contributed by atoms with Crippen LogP contribution in [-0.2, 0) is 9.36 Å². The third-order valence-electron chi connectivity index (χ3n) is 3.99. The van der Waals surface area contributed by atoms with E-state index in [4.69, 9.17) is 11.6 Å². The van der Waals surface area contributed by atoms with E-state index in [0.29, 0.717) is 10.6 Å². The predicted octanol–water partition coefficient (Wildman–Crippen LogP) is 5.92. The number of hydrogen-bond acceptors (Lipinski definition) is 3. The molecule has 3 aromatic rings. The van der Waals surface area contributed by atoms with Crippen LogP contribution in [0.1, 0.15) is 17.0 Å². The Kier molecular flexibility index (Phi) is 6.79. The van der Waals surface area contributed by atoms with Crippen LogP contribution in [0.25, 0.3) is 16.2 Å². The van der Waals surface area contributed by atoms with Gasteiger partial charge in [-0.05, 0) is 56.8 Å². The van der Waals surface area contributed by atoms with Crippen LogP contribution in [0.5, 0.6) is 0 Å². The molecule has 0 aliphatic rings. The lowest BCUT2D eigenvalue weighted by Gasteiger charge is -2.10. The highest BCUT2D eigenvalue weighted by atomic mass is 79.9. The van der Waals surface area contributed by atoms with E-state index in [2.05, 4.69) is 21.2 Å². The zero-order valence-electron chi connectivity index (χ0n) is 13.9. The molecule has 1 amide bonds. The van der Waals surface area contributed by atoms with E-state index in [1.165, 1.54) is 11.3 Å². The Morgan fingerprint density at radius 3 is 2.85 bits per heavy atom. The van der Waals surface area contributed by atoms with Crippen LogP contribution < -0.4 is 5.32 Å². The normalized spacial score (nSPS) is 13.1. The van der Waals surface area contributed by atoms with Crippen LogP contribution in [0.15, 0.2) is 58.5 Å². The highest BCUT2D eigenvalue weighted by Crippen LogP contribution is 2.36. The van der Waals surface area contributed by atoms with Gasteiger partial charge in [-0.3, -0.25) is 4.79 Å². The molecule has 2 aromatic carbocycles. The molecule has 0 aliphatic heterocycles. The van der Waals surface area contributed by atoms with Gasteiger partial charge in [-0.15, -0.1) is 11.3 Å².